The number of hydrogen-bond acceptors (Lipinski definition) is 3. The normalized spacial score (nSPS) is 10.5. The van der Waals surface area contributed by atoms with Gasteiger partial charge in [0.15, 0.2) is 4.77 Å². The van der Waals surface area contributed by atoms with Gasteiger partial charge in [-0.15, -0.1) is 0 Å². The van der Waals surface area contributed by atoms with Gasteiger partial charge in [0.05, 0.1) is 5.69 Å². The zero-order chi connectivity index (χ0) is 14.9. The number of aromatic nitrogens is 2. The smallest absolute Gasteiger partial charge is 0.352 e. The van der Waals surface area contributed by atoms with Crippen LogP contribution in [0.5, 0.6) is 0 Å². The van der Waals surface area contributed by atoms with Gasteiger partial charge in [0.1, 0.15) is 5.69 Å². The fourth-order valence-electron chi connectivity index (χ4n) is 1.93. The molecule has 0 aliphatic heterocycles. The fourth-order valence-corrected chi connectivity index (χ4v) is 2.41. The molecule has 1 heterocycles. The summed E-state index contributed by atoms with van der Waals surface area (Å²) in [5, 5.41) is 9.57. The summed E-state index contributed by atoms with van der Waals surface area (Å²) in [4.78, 5) is 26.2. The molecular weight excluding hydrogens is 300 g/mol. The Morgan fingerprint density at radius 2 is 2.20 bits per heavy atom. The van der Waals surface area contributed by atoms with E-state index < -0.39 is 11.5 Å². The molecule has 0 saturated carbocycles. The highest BCUT2D eigenvalue weighted by atomic mass is 35.5. The number of aromatic amines is 1. The first-order valence-electron chi connectivity index (χ1n) is 5.83. The van der Waals surface area contributed by atoms with Crippen LogP contribution in [0, 0.1) is 4.77 Å². The highest BCUT2D eigenvalue weighted by Gasteiger charge is 2.17. The van der Waals surface area contributed by atoms with Crippen LogP contribution in [-0.2, 0) is 6.42 Å². The van der Waals surface area contributed by atoms with Gasteiger partial charge in [-0.3, -0.25) is 9.36 Å². The molecule has 0 saturated heterocycles. The van der Waals surface area contributed by atoms with Crippen molar-refractivity contribution < 1.29 is 9.90 Å². The maximum Gasteiger partial charge on any atom is 0.352 e. The molecule has 2 aromatic rings. The minimum atomic E-state index is -1.21. The van der Waals surface area contributed by atoms with Crippen LogP contribution in [0.2, 0.25) is 5.02 Å². The van der Waals surface area contributed by atoms with E-state index >= 15 is 0 Å². The van der Waals surface area contributed by atoms with E-state index in [1.165, 1.54) is 4.57 Å². The quantitative estimate of drug-likeness (QED) is 0.855. The third kappa shape index (κ3) is 2.52. The number of benzene rings is 1. The van der Waals surface area contributed by atoms with Gasteiger partial charge in [0, 0.05) is 10.6 Å². The number of H-pyrrole nitrogens is 1. The highest BCUT2D eigenvalue weighted by molar-refractivity contribution is 7.71. The van der Waals surface area contributed by atoms with Crippen molar-refractivity contribution in [1.29, 1.82) is 0 Å². The molecule has 2 N–H and O–H groups in total. The van der Waals surface area contributed by atoms with E-state index in [1.807, 2.05) is 0 Å². The van der Waals surface area contributed by atoms with Crippen LogP contribution in [0.25, 0.3) is 5.69 Å². The first-order valence-corrected chi connectivity index (χ1v) is 6.61. The summed E-state index contributed by atoms with van der Waals surface area (Å²) in [7, 11) is 0. The Bertz CT molecular complexity index is 795. The highest BCUT2D eigenvalue weighted by Crippen LogP contribution is 2.14. The molecule has 2 rings (SSSR count). The van der Waals surface area contributed by atoms with Crippen molar-refractivity contribution in [1.82, 2.24) is 9.55 Å². The topological polar surface area (TPSA) is 75.1 Å². The average molecular weight is 311 g/mol. The van der Waals surface area contributed by atoms with Gasteiger partial charge in [-0.25, -0.2) is 4.79 Å². The Kier molecular flexibility index (Phi) is 4.06. The second-order valence-corrected chi connectivity index (χ2v) is 4.89. The van der Waals surface area contributed by atoms with E-state index in [0.717, 1.165) is 0 Å². The zero-order valence-electron chi connectivity index (χ0n) is 10.5. The Labute approximate surface area is 124 Å². The predicted molar refractivity (Wildman–Crippen MR) is 78.6 cm³/mol. The molecule has 5 nitrogen and oxygen atoms in total. The van der Waals surface area contributed by atoms with Gasteiger partial charge in [-0.2, -0.15) is 0 Å². The van der Waals surface area contributed by atoms with Crippen LogP contribution in [0.15, 0.2) is 29.1 Å². The molecule has 0 amide bonds. The minimum Gasteiger partial charge on any atom is -0.477 e. The number of carbonyl (C=O) groups is 1. The lowest BCUT2D eigenvalue weighted by Crippen LogP contribution is -2.27. The van der Waals surface area contributed by atoms with Crippen molar-refractivity contribution >= 4 is 29.8 Å². The minimum absolute atomic E-state index is 0.0202. The Balaban J connectivity index is 2.83. The van der Waals surface area contributed by atoms with Crippen molar-refractivity contribution in [2.24, 2.45) is 0 Å². The Hall–Kier alpha value is -1.92. The zero-order valence-corrected chi connectivity index (χ0v) is 12.1. The van der Waals surface area contributed by atoms with E-state index in [1.54, 1.807) is 31.2 Å². The molecule has 0 atom stereocenters. The van der Waals surface area contributed by atoms with Crippen LogP contribution in [0.4, 0.5) is 0 Å². The molecule has 20 heavy (non-hydrogen) atoms. The maximum absolute atomic E-state index is 12.4. The van der Waals surface area contributed by atoms with Gasteiger partial charge >= 0.3 is 5.97 Å². The number of rotatable bonds is 3. The Morgan fingerprint density at radius 3 is 2.75 bits per heavy atom. The molecule has 0 aliphatic carbocycles. The van der Waals surface area contributed by atoms with Gasteiger partial charge < -0.3 is 10.1 Å². The third-order valence-corrected chi connectivity index (χ3v) is 3.35. The molecule has 0 radical (unpaired) electrons. The van der Waals surface area contributed by atoms with Crippen molar-refractivity contribution in [2.75, 3.05) is 0 Å². The lowest BCUT2D eigenvalue weighted by atomic mass is 10.1. The molecule has 0 bridgehead atoms. The standard InChI is InChI=1S/C13H11ClN2O3S/c1-2-9-10(12(18)19)15-13(20)16(11(9)17)8-5-3-4-7(14)6-8/h3-6H,2H2,1H3,(H,15,20)(H,18,19). The molecular formula is C13H11ClN2O3S. The van der Waals surface area contributed by atoms with Crippen molar-refractivity contribution in [3.63, 3.8) is 0 Å². The van der Waals surface area contributed by atoms with Crippen molar-refractivity contribution in [3.05, 3.63) is 55.7 Å². The van der Waals surface area contributed by atoms with Crippen molar-refractivity contribution in [2.45, 2.75) is 13.3 Å². The number of aromatic carboxylic acids is 1. The summed E-state index contributed by atoms with van der Waals surface area (Å²) < 4.78 is 1.26. The lowest BCUT2D eigenvalue weighted by Gasteiger charge is -2.10. The van der Waals surface area contributed by atoms with E-state index in [2.05, 4.69) is 4.98 Å². The van der Waals surface area contributed by atoms with Crippen LogP contribution in [0.3, 0.4) is 0 Å². The second kappa shape index (κ2) is 5.60. The van der Waals surface area contributed by atoms with E-state index in [4.69, 9.17) is 28.9 Å². The van der Waals surface area contributed by atoms with Crippen LogP contribution in [-0.4, -0.2) is 20.6 Å². The summed E-state index contributed by atoms with van der Waals surface area (Å²) >= 11 is 11.0. The van der Waals surface area contributed by atoms with Gasteiger partial charge in [0.25, 0.3) is 5.56 Å². The summed E-state index contributed by atoms with van der Waals surface area (Å²) in [5.41, 5.74) is 0.0539. The maximum atomic E-state index is 12.4. The lowest BCUT2D eigenvalue weighted by molar-refractivity contribution is 0.0688. The van der Waals surface area contributed by atoms with Gasteiger partial charge in [-0.1, -0.05) is 24.6 Å². The predicted octanol–water partition coefficient (Wildman–Crippen LogP) is 2.81. The number of carboxylic acid groups (broad SMARTS) is 1. The summed E-state index contributed by atoms with van der Waals surface area (Å²) in [6, 6.07) is 6.63. The molecule has 0 fully saturated rings. The molecule has 0 spiro atoms. The summed E-state index contributed by atoms with van der Waals surface area (Å²) in [6.07, 6.45) is 0.285. The number of nitrogens with zero attached hydrogens (tertiary/aromatic N) is 1. The Morgan fingerprint density at radius 1 is 1.50 bits per heavy atom. The van der Waals surface area contributed by atoms with E-state index in [9.17, 15) is 9.59 Å². The number of halogens is 1. The fraction of sp³-hybridized carbons (Fsp3) is 0.154. The summed E-state index contributed by atoms with van der Waals surface area (Å²) in [6.45, 7) is 1.71. The van der Waals surface area contributed by atoms with Crippen LogP contribution < -0.4 is 5.56 Å². The largest absolute Gasteiger partial charge is 0.477 e. The van der Waals surface area contributed by atoms with Crippen LogP contribution >= 0.6 is 23.8 Å². The molecule has 1 aromatic heterocycles. The first kappa shape index (κ1) is 14.5. The molecule has 0 unspecified atom stereocenters. The average Bonchev–Trinajstić information content (AvgIpc) is 2.38. The number of hydrogen-bond donors (Lipinski definition) is 2. The molecule has 104 valence electrons. The molecule has 1 aromatic carbocycles. The van der Waals surface area contributed by atoms with Gasteiger partial charge in [-0.05, 0) is 36.8 Å². The van der Waals surface area contributed by atoms with Crippen molar-refractivity contribution in [3.8, 4) is 5.69 Å². The third-order valence-electron chi connectivity index (χ3n) is 2.83. The monoisotopic (exact) mass is 310 g/mol. The summed E-state index contributed by atoms with van der Waals surface area (Å²) in [5.74, 6) is -1.21. The number of nitrogens with one attached hydrogen (secondary N) is 1. The van der Waals surface area contributed by atoms with Crippen LogP contribution in [0.1, 0.15) is 23.0 Å². The SMILES string of the molecule is CCc1c(C(=O)O)[nH]c(=S)n(-c2cccc(Cl)c2)c1=O. The first-order chi connectivity index (χ1) is 9.45. The molecule has 0 aliphatic rings. The molecule has 7 heteroatoms. The van der Waals surface area contributed by atoms with E-state index in [-0.39, 0.29) is 22.4 Å². The van der Waals surface area contributed by atoms with E-state index in [0.29, 0.717) is 10.7 Å². The second-order valence-electron chi connectivity index (χ2n) is 4.06. The van der Waals surface area contributed by atoms with Gasteiger partial charge in [0.2, 0.25) is 0 Å². The number of carboxylic acids is 1.